The average Bonchev–Trinajstić information content (AvgIpc) is 3.23. The van der Waals surface area contributed by atoms with Crippen LogP contribution in [0.25, 0.3) is 0 Å². The summed E-state index contributed by atoms with van der Waals surface area (Å²) in [6.45, 7) is 3.00. The summed E-state index contributed by atoms with van der Waals surface area (Å²) in [5.74, 6) is 1.32. The van der Waals surface area contributed by atoms with Crippen molar-refractivity contribution in [2.75, 3.05) is 20.8 Å². The Labute approximate surface area is 172 Å². The molecule has 0 N–H and O–H groups in total. The van der Waals surface area contributed by atoms with E-state index in [0.29, 0.717) is 24.6 Å². The van der Waals surface area contributed by atoms with Crippen molar-refractivity contribution < 1.29 is 19.1 Å². The van der Waals surface area contributed by atoms with E-state index < -0.39 is 0 Å². The van der Waals surface area contributed by atoms with Crippen LogP contribution in [0.2, 0.25) is 0 Å². The van der Waals surface area contributed by atoms with Gasteiger partial charge in [0, 0.05) is 31.5 Å². The monoisotopic (exact) mass is 395 g/mol. The Morgan fingerprint density at radius 2 is 1.69 bits per heavy atom. The predicted molar refractivity (Wildman–Crippen MR) is 113 cm³/mol. The third-order valence-electron chi connectivity index (χ3n) is 5.54. The van der Waals surface area contributed by atoms with Crippen molar-refractivity contribution in [1.29, 1.82) is 0 Å². The van der Waals surface area contributed by atoms with E-state index in [1.165, 1.54) is 11.1 Å². The van der Waals surface area contributed by atoms with E-state index in [-0.39, 0.29) is 24.5 Å². The molecule has 5 nitrogen and oxygen atoms in total. The van der Waals surface area contributed by atoms with E-state index in [1.54, 1.807) is 19.1 Å². The number of hydrogen-bond acceptors (Lipinski definition) is 4. The van der Waals surface area contributed by atoms with E-state index in [0.717, 1.165) is 30.4 Å². The Morgan fingerprint density at radius 3 is 2.41 bits per heavy atom. The zero-order valence-corrected chi connectivity index (χ0v) is 17.5. The lowest BCUT2D eigenvalue weighted by molar-refractivity contribution is -0.131. The molecule has 0 fully saturated rings. The minimum atomic E-state index is -0.0169. The summed E-state index contributed by atoms with van der Waals surface area (Å²) in [6.07, 6.45) is 3.76. The van der Waals surface area contributed by atoms with Gasteiger partial charge in [0.15, 0.2) is 17.3 Å². The van der Waals surface area contributed by atoms with Crippen LogP contribution in [-0.2, 0) is 24.2 Å². The molecule has 1 aliphatic carbocycles. The molecule has 29 heavy (non-hydrogen) atoms. The van der Waals surface area contributed by atoms with Crippen LogP contribution in [0, 0.1) is 0 Å². The fraction of sp³-hybridized carbons (Fsp3) is 0.417. The minimum absolute atomic E-state index is 0.0169. The maximum atomic E-state index is 12.7. The summed E-state index contributed by atoms with van der Waals surface area (Å²) in [4.78, 5) is 27.0. The number of fused-ring (bicyclic) bond motifs is 1. The van der Waals surface area contributed by atoms with Crippen molar-refractivity contribution in [3.8, 4) is 11.5 Å². The molecule has 0 radical (unpaired) electrons. The van der Waals surface area contributed by atoms with Gasteiger partial charge in [-0.05, 0) is 61.1 Å². The second-order valence-corrected chi connectivity index (χ2v) is 7.36. The highest BCUT2D eigenvalue weighted by Gasteiger charge is 2.18. The fourth-order valence-corrected chi connectivity index (χ4v) is 3.84. The molecule has 1 aliphatic rings. The van der Waals surface area contributed by atoms with Gasteiger partial charge >= 0.3 is 0 Å². The van der Waals surface area contributed by atoms with Gasteiger partial charge < -0.3 is 14.4 Å². The quantitative estimate of drug-likeness (QED) is 0.597. The lowest BCUT2D eigenvalue weighted by atomic mass is 10.0. The van der Waals surface area contributed by atoms with Crippen LogP contribution in [0.5, 0.6) is 11.5 Å². The number of hydrogen-bond donors (Lipinski definition) is 0. The highest BCUT2D eigenvalue weighted by Crippen LogP contribution is 2.28. The van der Waals surface area contributed by atoms with Crippen LogP contribution in [0.15, 0.2) is 36.4 Å². The number of carbonyl (C=O) groups is 2. The number of amides is 1. The lowest BCUT2D eigenvalue weighted by Crippen LogP contribution is -2.30. The Hall–Kier alpha value is -2.82. The third kappa shape index (κ3) is 4.97. The molecule has 0 saturated carbocycles. The van der Waals surface area contributed by atoms with Gasteiger partial charge in [0.1, 0.15) is 0 Å². The highest BCUT2D eigenvalue weighted by atomic mass is 16.5. The van der Waals surface area contributed by atoms with Crippen molar-refractivity contribution >= 4 is 11.7 Å². The molecule has 154 valence electrons. The van der Waals surface area contributed by atoms with Gasteiger partial charge in [0.2, 0.25) is 5.91 Å². The molecule has 0 spiro atoms. The van der Waals surface area contributed by atoms with Crippen molar-refractivity contribution in [1.82, 2.24) is 4.90 Å². The van der Waals surface area contributed by atoms with Crippen molar-refractivity contribution in [2.24, 2.45) is 0 Å². The average molecular weight is 395 g/mol. The van der Waals surface area contributed by atoms with Crippen LogP contribution in [-0.4, -0.2) is 37.4 Å². The number of Topliss-reactive ketones (excluding diaryl/α,β-unsaturated/α-hetero) is 1. The molecular formula is C24H29NO4. The Bertz CT molecular complexity index is 890. The molecule has 0 heterocycles. The third-order valence-corrected chi connectivity index (χ3v) is 5.54. The van der Waals surface area contributed by atoms with Gasteiger partial charge in [-0.25, -0.2) is 0 Å². The summed E-state index contributed by atoms with van der Waals surface area (Å²) >= 11 is 0. The molecule has 5 heteroatoms. The molecule has 2 aromatic rings. The first kappa shape index (κ1) is 20.9. The van der Waals surface area contributed by atoms with Crippen LogP contribution < -0.4 is 9.47 Å². The normalized spacial score (nSPS) is 12.4. The summed E-state index contributed by atoms with van der Waals surface area (Å²) in [7, 11) is 3.19. The zero-order valence-electron chi connectivity index (χ0n) is 17.5. The maximum Gasteiger partial charge on any atom is 0.223 e. The number of carbonyl (C=O) groups excluding carboxylic acids is 2. The van der Waals surface area contributed by atoms with E-state index in [9.17, 15) is 9.59 Å². The molecule has 0 saturated heterocycles. The zero-order chi connectivity index (χ0) is 20.8. The SMILES string of the molecule is CCN(Cc1ccc(OC)c(OC)c1)C(=O)CCC(=O)c1ccc2c(c1)CCC2. The standard InChI is InChI=1S/C24H29NO4/c1-4-25(16-17-8-12-22(28-2)23(14-17)29-3)24(27)13-11-21(26)20-10-9-18-6-5-7-19(18)15-20/h8-10,12,14-15H,4-7,11,13,16H2,1-3H3. The van der Waals surface area contributed by atoms with Gasteiger partial charge in [-0.15, -0.1) is 0 Å². The van der Waals surface area contributed by atoms with Gasteiger partial charge in [0.05, 0.1) is 14.2 Å². The number of benzene rings is 2. The minimum Gasteiger partial charge on any atom is -0.493 e. The number of aryl methyl sites for hydroxylation is 2. The topological polar surface area (TPSA) is 55.8 Å². The van der Waals surface area contributed by atoms with Gasteiger partial charge in [-0.3, -0.25) is 9.59 Å². The number of ether oxygens (including phenoxy) is 2. The van der Waals surface area contributed by atoms with Crippen LogP contribution in [0.4, 0.5) is 0 Å². The molecule has 0 aromatic heterocycles. The molecule has 0 aliphatic heterocycles. The molecule has 0 unspecified atom stereocenters. The molecule has 2 aromatic carbocycles. The summed E-state index contributed by atoms with van der Waals surface area (Å²) in [6, 6.07) is 11.6. The second-order valence-electron chi connectivity index (χ2n) is 7.36. The van der Waals surface area contributed by atoms with Crippen LogP contribution >= 0.6 is 0 Å². The first-order valence-electron chi connectivity index (χ1n) is 10.2. The van der Waals surface area contributed by atoms with Crippen molar-refractivity contribution in [2.45, 2.75) is 45.6 Å². The highest BCUT2D eigenvalue weighted by molar-refractivity contribution is 5.98. The summed E-state index contributed by atoms with van der Waals surface area (Å²) in [5.41, 5.74) is 4.32. The van der Waals surface area contributed by atoms with Crippen molar-refractivity contribution in [3.63, 3.8) is 0 Å². The largest absolute Gasteiger partial charge is 0.493 e. The van der Waals surface area contributed by atoms with Gasteiger partial charge in [0.25, 0.3) is 0 Å². The van der Waals surface area contributed by atoms with E-state index in [1.807, 2.05) is 37.3 Å². The second kappa shape index (κ2) is 9.59. The van der Waals surface area contributed by atoms with E-state index >= 15 is 0 Å². The molecule has 0 atom stereocenters. The lowest BCUT2D eigenvalue weighted by Gasteiger charge is -2.21. The Kier molecular flexibility index (Phi) is 6.91. The van der Waals surface area contributed by atoms with Crippen LogP contribution in [0.1, 0.15) is 53.2 Å². The molecule has 1 amide bonds. The van der Waals surface area contributed by atoms with Crippen molar-refractivity contribution in [3.05, 3.63) is 58.7 Å². The fourth-order valence-electron chi connectivity index (χ4n) is 3.84. The molecule has 0 bridgehead atoms. The Balaban J connectivity index is 1.59. The first-order chi connectivity index (χ1) is 14.0. The van der Waals surface area contributed by atoms with E-state index in [4.69, 9.17) is 9.47 Å². The first-order valence-corrected chi connectivity index (χ1v) is 10.2. The molecular weight excluding hydrogens is 366 g/mol. The molecule has 3 rings (SSSR count). The van der Waals surface area contributed by atoms with E-state index in [2.05, 4.69) is 6.07 Å². The van der Waals surface area contributed by atoms with Gasteiger partial charge in [-0.1, -0.05) is 18.2 Å². The number of rotatable bonds is 9. The summed E-state index contributed by atoms with van der Waals surface area (Å²) in [5, 5.41) is 0. The number of methoxy groups -OCH3 is 2. The van der Waals surface area contributed by atoms with Crippen LogP contribution in [0.3, 0.4) is 0 Å². The van der Waals surface area contributed by atoms with Gasteiger partial charge in [-0.2, -0.15) is 0 Å². The maximum absolute atomic E-state index is 12.7. The number of nitrogens with zero attached hydrogens (tertiary/aromatic N) is 1. The Morgan fingerprint density at radius 1 is 0.931 bits per heavy atom. The summed E-state index contributed by atoms with van der Waals surface area (Å²) < 4.78 is 10.6. The smallest absolute Gasteiger partial charge is 0.223 e. The predicted octanol–water partition coefficient (Wildman–Crippen LogP) is 4.20. The number of ketones is 1.